The van der Waals surface area contributed by atoms with Crippen LogP contribution in [0.3, 0.4) is 0 Å². The Morgan fingerprint density at radius 2 is 1.97 bits per heavy atom. The molecule has 1 atom stereocenters. The first-order chi connectivity index (χ1) is 16.2. The van der Waals surface area contributed by atoms with Crippen molar-refractivity contribution in [1.29, 1.82) is 0 Å². The fraction of sp³-hybridized carbons (Fsp3) is 0.444. The number of benzene rings is 2. The first kappa shape index (κ1) is 22.0. The van der Waals surface area contributed by atoms with Crippen LogP contribution in [0.2, 0.25) is 0 Å². The summed E-state index contributed by atoms with van der Waals surface area (Å²) in [5, 5.41) is 4.77. The van der Waals surface area contributed by atoms with Crippen LogP contribution in [0.4, 0.5) is 5.69 Å². The number of hydrogen-bond donors (Lipinski definition) is 0. The molecular weight excluding hydrogens is 412 g/mol. The van der Waals surface area contributed by atoms with Crippen LogP contribution in [-0.4, -0.2) is 54.1 Å². The normalized spacial score (nSPS) is 18.5. The van der Waals surface area contributed by atoms with Crippen LogP contribution in [0.1, 0.15) is 35.5 Å². The maximum Gasteiger partial charge on any atom is 0.119 e. The molecule has 0 radical (unpaired) electrons. The molecule has 2 aliphatic heterocycles. The monoisotopic (exact) mass is 446 g/mol. The summed E-state index contributed by atoms with van der Waals surface area (Å²) in [6.07, 6.45) is 1.99. The average Bonchev–Trinajstić information content (AvgIpc) is 3.43. The van der Waals surface area contributed by atoms with Crippen molar-refractivity contribution in [3.05, 3.63) is 77.1 Å². The molecular formula is C27H34N4O2. The molecule has 2 aliphatic rings. The van der Waals surface area contributed by atoms with E-state index in [1.165, 1.54) is 22.5 Å². The van der Waals surface area contributed by atoms with E-state index in [4.69, 9.17) is 14.6 Å². The number of fused-ring (bicyclic) bond motifs is 1. The van der Waals surface area contributed by atoms with Crippen LogP contribution in [0.5, 0.6) is 5.75 Å². The van der Waals surface area contributed by atoms with E-state index in [9.17, 15) is 0 Å². The van der Waals surface area contributed by atoms with Gasteiger partial charge in [-0.1, -0.05) is 30.3 Å². The Bertz CT molecular complexity index is 1070. The van der Waals surface area contributed by atoms with Gasteiger partial charge in [-0.15, -0.1) is 0 Å². The van der Waals surface area contributed by atoms with Gasteiger partial charge in [0.1, 0.15) is 11.9 Å². The van der Waals surface area contributed by atoms with E-state index in [-0.39, 0.29) is 6.10 Å². The Morgan fingerprint density at radius 3 is 2.82 bits per heavy atom. The molecule has 0 amide bonds. The second kappa shape index (κ2) is 9.98. The summed E-state index contributed by atoms with van der Waals surface area (Å²) >= 11 is 0. The summed E-state index contributed by atoms with van der Waals surface area (Å²) in [6.45, 7) is 8.63. The van der Waals surface area contributed by atoms with Crippen LogP contribution in [0.25, 0.3) is 0 Å². The maximum absolute atomic E-state index is 6.12. The van der Waals surface area contributed by atoms with Gasteiger partial charge in [0.25, 0.3) is 0 Å². The van der Waals surface area contributed by atoms with Crippen molar-refractivity contribution < 1.29 is 9.47 Å². The minimum Gasteiger partial charge on any atom is -0.493 e. The summed E-state index contributed by atoms with van der Waals surface area (Å²) in [6, 6.07) is 19.1. The molecule has 33 heavy (non-hydrogen) atoms. The topological polar surface area (TPSA) is 42.8 Å². The molecule has 2 aromatic carbocycles. The number of nitrogens with zero attached hydrogens (tertiary/aromatic N) is 4. The minimum atomic E-state index is 0.0127. The summed E-state index contributed by atoms with van der Waals surface area (Å²) in [7, 11) is 2.01. The Balaban J connectivity index is 1.18. The fourth-order valence-electron chi connectivity index (χ4n) is 4.95. The average molecular weight is 447 g/mol. The number of morpholine rings is 1. The number of likely N-dealkylation sites (N-methyl/N-ethyl adjacent to an activating group) is 1. The molecule has 0 bridgehead atoms. The van der Waals surface area contributed by atoms with Crippen LogP contribution < -0.4 is 9.64 Å². The van der Waals surface area contributed by atoms with Gasteiger partial charge in [-0.2, -0.15) is 5.10 Å². The van der Waals surface area contributed by atoms with E-state index in [1.807, 2.05) is 42.1 Å². The largest absolute Gasteiger partial charge is 0.493 e. The second-order valence-corrected chi connectivity index (χ2v) is 8.98. The highest BCUT2D eigenvalue weighted by molar-refractivity contribution is 5.59. The highest BCUT2D eigenvalue weighted by Crippen LogP contribution is 2.30. The number of rotatable bonds is 8. The van der Waals surface area contributed by atoms with Crippen molar-refractivity contribution in [3.8, 4) is 5.75 Å². The molecule has 5 rings (SSSR count). The van der Waals surface area contributed by atoms with E-state index >= 15 is 0 Å². The Morgan fingerprint density at radius 1 is 1.09 bits per heavy atom. The lowest BCUT2D eigenvalue weighted by Crippen LogP contribution is -2.38. The van der Waals surface area contributed by atoms with Gasteiger partial charge < -0.3 is 14.4 Å². The first-order valence-corrected chi connectivity index (χ1v) is 12.1. The van der Waals surface area contributed by atoms with Gasteiger partial charge in [-0.05, 0) is 48.7 Å². The molecule has 0 saturated carbocycles. The van der Waals surface area contributed by atoms with Gasteiger partial charge in [0, 0.05) is 57.6 Å². The molecule has 0 spiro atoms. The molecule has 6 nitrogen and oxygen atoms in total. The van der Waals surface area contributed by atoms with Gasteiger partial charge in [0.2, 0.25) is 0 Å². The molecule has 3 heterocycles. The van der Waals surface area contributed by atoms with E-state index in [0.717, 1.165) is 63.6 Å². The number of hydrogen-bond acceptors (Lipinski definition) is 5. The summed E-state index contributed by atoms with van der Waals surface area (Å²) < 4.78 is 14.0. The SMILES string of the molecule is CCN1CCc2cc(CN3CCOC(c4cc(CCOc5ccccc5)n(C)n4)C3)ccc21. The van der Waals surface area contributed by atoms with Gasteiger partial charge in [0.15, 0.2) is 0 Å². The molecule has 3 aromatic rings. The van der Waals surface area contributed by atoms with Crippen LogP contribution in [0.15, 0.2) is 54.6 Å². The minimum absolute atomic E-state index is 0.0127. The van der Waals surface area contributed by atoms with Crippen molar-refractivity contribution >= 4 is 5.69 Å². The first-order valence-electron chi connectivity index (χ1n) is 12.1. The second-order valence-electron chi connectivity index (χ2n) is 8.98. The Labute approximate surface area is 196 Å². The van der Waals surface area contributed by atoms with Gasteiger partial charge in [0.05, 0.1) is 18.9 Å². The Hall–Kier alpha value is -2.83. The molecule has 0 aliphatic carbocycles. The smallest absolute Gasteiger partial charge is 0.119 e. The number of aryl methyl sites for hydroxylation is 1. The van der Waals surface area contributed by atoms with Crippen LogP contribution >= 0.6 is 0 Å². The van der Waals surface area contributed by atoms with Crippen molar-refractivity contribution in [3.63, 3.8) is 0 Å². The highest BCUT2D eigenvalue weighted by Gasteiger charge is 2.25. The van der Waals surface area contributed by atoms with E-state index in [0.29, 0.717) is 6.61 Å². The third-order valence-corrected chi connectivity index (χ3v) is 6.77. The van der Waals surface area contributed by atoms with Gasteiger partial charge in [-0.25, -0.2) is 0 Å². The number of ether oxygens (including phenoxy) is 2. The summed E-state index contributed by atoms with van der Waals surface area (Å²) in [4.78, 5) is 4.96. The number of para-hydroxylation sites is 1. The predicted molar refractivity (Wildman–Crippen MR) is 131 cm³/mol. The summed E-state index contributed by atoms with van der Waals surface area (Å²) in [5.74, 6) is 0.903. The zero-order valence-electron chi connectivity index (χ0n) is 19.7. The van der Waals surface area contributed by atoms with Crippen molar-refractivity contribution in [2.45, 2.75) is 32.4 Å². The van der Waals surface area contributed by atoms with Crippen molar-refractivity contribution in [2.75, 3.05) is 44.3 Å². The third-order valence-electron chi connectivity index (χ3n) is 6.77. The van der Waals surface area contributed by atoms with Gasteiger partial charge >= 0.3 is 0 Å². The van der Waals surface area contributed by atoms with Crippen molar-refractivity contribution in [1.82, 2.24) is 14.7 Å². The highest BCUT2D eigenvalue weighted by atomic mass is 16.5. The lowest BCUT2D eigenvalue weighted by Gasteiger charge is -2.32. The van der Waals surface area contributed by atoms with E-state index < -0.39 is 0 Å². The van der Waals surface area contributed by atoms with Crippen molar-refractivity contribution in [2.24, 2.45) is 7.05 Å². The molecule has 1 saturated heterocycles. The number of anilines is 1. The van der Waals surface area contributed by atoms with Gasteiger partial charge in [-0.3, -0.25) is 9.58 Å². The summed E-state index contributed by atoms with van der Waals surface area (Å²) in [5.41, 5.74) is 6.49. The molecule has 6 heteroatoms. The fourth-order valence-corrected chi connectivity index (χ4v) is 4.95. The standard InChI is InChI=1S/C27H34N4O2/c1-3-31-13-11-22-17-21(9-10-26(22)31)19-30-14-16-33-27(20-30)25-18-23(29(2)28-25)12-15-32-24-7-5-4-6-8-24/h4-10,17-18,27H,3,11-16,19-20H2,1-2H3. The zero-order valence-corrected chi connectivity index (χ0v) is 19.7. The quantitative estimate of drug-likeness (QED) is 0.523. The third kappa shape index (κ3) is 5.07. The van der Waals surface area contributed by atoms with Crippen LogP contribution in [0, 0.1) is 0 Å². The van der Waals surface area contributed by atoms with E-state index in [1.54, 1.807) is 0 Å². The lowest BCUT2D eigenvalue weighted by atomic mass is 10.1. The van der Waals surface area contributed by atoms with E-state index in [2.05, 4.69) is 41.0 Å². The molecule has 0 N–H and O–H groups in total. The number of aromatic nitrogens is 2. The molecule has 1 fully saturated rings. The Kier molecular flexibility index (Phi) is 6.65. The molecule has 1 unspecified atom stereocenters. The van der Waals surface area contributed by atoms with Crippen LogP contribution in [-0.2, 0) is 31.2 Å². The molecule has 174 valence electrons. The molecule has 1 aromatic heterocycles. The maximum atomic E-state index is 6.12. The zero-order chi connectivity index (χ0) is 22.6. The predicted octanol–water partition coefficient (Wildman–Crippen LogP) is 4.00. The lowest BCUT2D eigenvalue weighted by molar-refractivity contribution is -0.0352.